The zero-order valence-corrected chi connectivity index (χ0v) is 20.5. The topological polar surface area (TPSA) is 132 Å². The molecular weight excluding hydrogens is 500 g/mol. The Morgan fingerprint density at radius 1 is 0.769 bits per heavy atom. The summed E-state index contributed by atoms with van der Waals surface area (Å²) in [6, 6.07) is 22.0. The number of ketones is 2. The van der Waals surface area contributed by atoms with Crippen molar-refractivity contribution in [3.8, 4) is 0 Å². The fourth-order valence-electron chi connectivity index (χ4n) is 4.35. The number of hydrogen-bond donors (Lipinski definition) is 2. The number of furan rings is 1. The third-order valence-corrected chi connectivity index (χ3v) is 6.19. The Hall–Kier alpha value is -5.31. The Kier molecular flexibility index (Phi) is 7.13. The van der Waals surface area contributed by atoms with Crippen LogP contribution in [0.1, 0.15) is 48.0 Å². The van der Waals surface area contributed by atoms with E-state index in [1.54, 1.807) is 60.7 Å². The zero-order valence-electron chi connectivity index (χ0n) is 20.5. The van der Waals surface area contributed by atoms with Crippen LogP contribution in [0, 0.1) is 0 Å². The van der Waals surface area contributed by atoms with Crippen molar-refractivity contribution in [2.45, 2.75) is 12.5 Å². The first kappa shape index (κ1) is 25.3. The van der Waals surface area contributed by atoms with E-state index in [2.05, 4.69) is 10.6 Å². The summed E-state index contributed by atoms with van der Waals surface area (Å²) in [5.74, 6) is -2.85. The summed E-state index contributed by atoms with van der Waals surface area (Å²) in [7, 11) is 0. The Morgan fingerprint density at radius 3 is 2.18 bits per heavy atom. The van der Waals surface area contributed by atoms with Crippen LogP contribution in [0.2, 0.25) is 0 Å². The summed E-state index contributed by atoms with van der Waals surface area (Å²) in [6.45, 7) is -0.677. The lowest BCUT2D eigenvalue weighted by Gasteiger charge is -2.20. The molecule has 0 saturated carbocycles. The van der Waals surface area contributed by atoms with Crippen molar-refractivity contribution in [2.24, 2.45) is 0 Å². The number of ether oxygens (including phenoxy) is 1. The van der Waals surface area contributed by atoms with Crippen molar-refractivity contribution in [2.75, 3.05) is 11.9 Å². The summed E-state index contributed by atoms with van der Waals surface area (Å²) in [6.07, 6.45) is 1.46. The summed E-state index contributed by atoms with van der Waals surface area (Å²) >= 11 is 0. The maximum Gasteiger partial charge on any atom is 0.329 e. The number of amides is 2. The third kappa shape index (κ3) is 5.37. The van der Waals surface area contributed by atoms with Gasteiger partial charge in [-0.15, -0.1) is 0 Å². The number of fused-ring (bicyclic) bond motifs is 2. The number of esters is 1. The van der Waals surface area contributed by atoms with Gasteiger partial charge in [-0.1, -0.05) is 66.7 Å². The summed E-state index contributed by atoms with van der Waals surface area (Å²) < 4.78 is 10.3. The normalized spacial score (nSPS) is 12.6. The Bertz CT molecular complexity index is 1580. The van der Waals surface area contributed by atoms with Gasteiger partial charge in [-0.25, -0.2) is 4.79 Å². The van der Waals surface area contributed by atoms with Gasteiger partial charge in [-0.2, -0.15) is 0 Å². The van der Waals surface area contributed by atoms with Gasteiger partial charge >= 0.3 is 5.97 Å². The van der Waals surface area contributed by atoms with Crippen LogP contribution in [0.15, 0.2) is 95.6 Å². The van der Waals surface area contributed by atoms with Crippen molar-refractivity contribution in [1.82, 2.24) is 5.32 Å². The van der Waals surface area contributed by atoms with Crippen molar-refractivity contribution in [1.29, 1.82) is 0 Å². The van der Waals surface area contributed by atoms with Crippen molar-refractivity contribution >= 4 is 35.0 Å². The van der Waals surface area contributed by atoms with Gasteiger partial charge < -0.3 is 19.8 Å². The van der Waals surface area contributed by atoms with E-state index in [-0.39, 0.29) is 40.3 Å². The predicted molar refractivity (Wildman–Crippen MR) is 139 cm³/mol. The lowest BCUT2D eigenvalue weighted by molar-refractivity contribution is -0.149. The van der Waals surface area contributed by atoms with Gasteiger partial charge in [0.2, 0.25) is 0 Å². The number of carbonyl (C=O) groups excluding carboxylic acids is 5. The Labute approximate surface area is 222 Å². The molecule has 5 rings (SSSR count). The second-order valence-corrected chi connectivity index (χ2v) is 8.78. The maximum atomic E-state index is 13.1. The quantitative estimate of drug-likeness (QED) is 0.298. The van der Waals surface area contributed by atoms with Gasteiger partial charge in [0.1, 0.15) is 6.04 Å². The van der Waals surface area contributed by atoms with Gasteiger partial charge in [-0.05, 0) is 23.8 Å². The van der Waals surface area contributed by atoms with Gasteiger partial charge in [-0.3, -0.25) is 19.2 Å². The standard InChI is InChI=1S/C30H22N2O7/c33-25(31-22-13-6-12-21-26(22)28(35)20-11-5-4-10-19(20)27(21)34)17-39-30(37)23(16-18-8-2-1-3-9-18)32-29(36)24-14-7-15-38-24/h1-15,23H,16-17H2,(H,31,33)(H,32,36). The second-order valence-electron chi connectivity index (χ2n) is 8.78. The molecule has 1 aromatic heterocycles. The molecule has 0 aliphatic heterocycles. The molecule has 194 valence electrons. The predicted octanol–water partition coefficient (Wildman–Crippen LogP) is 3.58. The lowest BCUT2D eigenvalue weighted by atomic mass is 9.83. The first-order valence-electron chi connectivity index (χ1n) is 12.1. The number of benzene rings is 3. The summed E-state index contributed by atoms with van der Waals surface area (Å²) in [5.41, 5.74) is 1.70. The molecule has 1 unspecified atom stereocenters. The van der Waals surface area contributed by atoms with Crippen LogP contribution in [-0.2, 0) is 20.7 Å². The monoisotopic (exact) mass is 522 g/mol. The highest BCUT2D eigenvalue weighted by atomic mass is 16.5. The third-order valence-electron chi connectivity index (χ3n) is 6.19. The van der Waals surface area contributed by atoms with E-state index in [0.717, 1.165) is 5.56 Å². The molecule has 1 aliphatic rings. The van der Waals surface area contributed by atoms with Crippen molar-refractivity contribution < 1.29 is 33.1 Å². The van der Waals surface area contributed by atoms with E-state index in [0.29, 0.717) is 5.56 Å². The van der Waals surface area contributed by atoms with Crippen LogP contribution in [0.25, 0.3) is 0 Å². The van der Waals surface area contributed by atoms with Crippen LogP contribution < -0.4 is 10.6 Å². The lowest BCUT2D eigenvalue weighted by Crippen LogP contribution is -2.44. The van der Waals surface area contributed by atoms with Gasteiger partial charge in [0.05, 0.1) is 17.5 Å². The van der Waals surface area contributed by atoms with E-state index >= 15 is 0 Å². The number of rotatable bonds is 8. The molecule has 0 bridgehead atoms. The highest BCUT2D eigenvalue weighted by Crippen LogP contribution is 2.31. The van der Waals surface area contributed by atoms with Gasteiger partial charge in [0.15, 0.2) is 23.9 Å². The minimum atomic E-state index is -1.10. The molecule has 4 aromatic rings. The van der Waals surface area contributed by atoms with Crippen molar-refractivity contribution in [3.05, 3.63) is 125 Å². The molecule has 0 radical (unpaired) electrons. The van der Waals surface area contributed by atoms with E-state index < -0.39 is 36.2 Å². The molecule has 1 aliphatic carbocycles. The molecule has 0 saturated heterocycles. The van der Waals surface area contributed by atoms with Crippen molar-refractivity contribution in [3.63, 3.8) is 0 Å². The molecular formula is C30H22N2O7. The van der Waals surface area contributed by atoms with E-state index in [1.807, 2.05) is 6.07 Å². The fourth-order valence-corrected chi connectivity index (χ4v) is 4.35. The van der Waals surface area contributed by atoms with Gasteiger partial charge in [0, 0.05) is 23.1 Å². The summed E-state index contributed by atoms with van der Waals surface area (Å²) in [4.78, 5) is 64.3. The van der Waals surface area contributed by atoms with E-state index in [1.165, 1.54) is 24.5 Å². The highest BCUT2D eigenvalue weighted by molar-refractivity contribution is 6.30. The van der Waals surface area contributed by atoms with Crippen LogP contribution in [0.5, 0.6) is 0 Å². The highest BCUT2D eigenvalue weighted by Gasteiger charge is 2.32. The minimum absolute atomic E-state index is 0.0215. The average Bonchev–Trinajstić information content (AvgIpc) is 3.50. The minimum Gasteiger partial charge on any atom is -0.459 e. The molecule has 1 heterocycles. The Balaban J connectivity index is 1.28. The Morgan fingerprint density at radius 2 is 1.46 bits per heavy atom. The van der Waals surface area contributed by atoms with E-state index in [4.69, 9.17) is 9.15 Å². The molecule has 2 amide bonds. The molecule has 2 N–H and O–H groups in total. The van der Waals surface area contributed by atoms with Gasteiger partial charge in [0.25, 0.3) is 11.8 Å². The maximum absolute atomic E-state index is 13.1. The molecule has 0 fully saturated rings. The average molecular weight is 523 g/mol. The molecule has 9 heteroatoms. The largest absolute Gasteiger partial charge is 0.459 e. The van der Waals surface area contributed by atoms with Crippen LogP contribution in [-0.4, -0.2) is 42.0 Å². The molecule has 0 spiro atoms. The van der Waals surface area contributed by atoms with E-state index in [9.17, 15) is 24.0 Å². The van der Waals surface area contributed by atoms with Crippen LogP contribution >= 0.6 is 0 Å². The number of carbonyl (C=O) groups is 5. The van der Waals surface area contributed by atoms with Crippen LogP contribution in [0.4, 0.5) is 5.69 Å². The first-order valence-corrected chi connectivity index (χ1v) is 12.1. The van der Waals surface area contributed by atoms with Crippen LogP contribution in [0.3, 0.4) is 0 Å². The fraction of sp³-hybridized carbons (Fsp3) is 0.100. The molecule has 39 heavy (non-hydrogen) atoms. The molecule has 1 atom stereocenters. The second kappa shape index (κ2) is 11.0. The smallest absolute Gasteiger partial charge is 0.329 e. The number of nitrogens with one attached hydrogen (secondary N) is 2. The SMILES string of the molecule is O=C(COC(=O)C(Cc1ccccc1)NC(=O)c1ccco1)Nc1cccc2c1C(=O)c1ccccc1C2=O. The number of hydrogen-bond acceptors (Lipinski definition) is 7. The zero-order chi connectivity index (χ0) is 27.4. The molecule has 3 aromatic carbocycles. The number of anilines is 1. The first-order chi connectivity index (χ1) is 18.9. The molecule has 9 nitrogen and oxygen atoms in total. The summed E-state index contributed by atoms with van der Waals surface area (Å²) in [5, 5.41) is 5.15.